The van der Waals surface area contributed by atoms with Crippen LogP contribution < -0.4 is 0 Å². The third kappa shape index (κ3) is 2.46. The molecule has 0 spiro atoms. The van der Waals surface area contributed by atoms with Crippen LogP contribution in [0.4, 0.5) is 4.39 Å². The van der Waals surface area contributed by atoms with Crippen molar-refractivity contribution >= 4 is 10.9 Å². The fraction of sp³-hybridized carbons (Fsp3) is 0.400. The van der Waals surface area contributed by atoms with Crippen molar-refractivity contribution < 1.29 is 14.2 Å². The molecule has 0 bridgehead atoms. The first kappa shape index (κ1) is 13.3. The van der Waals surface area contributed by atoms with Gasteiger partial charge >= 0.3 is 0 Å². The number of nitrogens with zero attached hydrogens (tertiary/aromatic N) is 2. The summed E-state index contributed by atoms with van der Waals surface area (Å²) in [5.74, 6) is -0.228. The standard InChI is InChI=1S/C15H17FN2O2/c1-10-13(9-18-4-6-20-7-5-18)15(19)12-8-11(16)2-3-14(12)17-10/h2-3,8H,4-7,9H2,1H3,(H,17,19). The van der Waals surface area contributed by atoms with E-state index in [4.69, 9.17) is 4.74 Å². The quantitative estimate of drug-likeness (QED) is 0.913. The average Bonchev–Trinajstić information content (AvgIpc) is 2.46. The zero-order chi connectivity index (χ0) is 14.1. The third-order valence-corrected chi connectivity index (χ3v) is 3.71. The van der Waals surface area contributed by atoms with Crippen molar-refractivity contribution in [2.75, 3.05) is 26.3 Å². The van der Waals surface area contributed by atoms with Crippen molar-refractivity contribution in [2.24, 2.45) is 0 Å². The lowest BCUT2D eigenvalue weighted by molar-refractivity contribution is 0.0338. The number of rotatable bonds is 2. The second-order valence-corrected chi connectivity index (χ2v) is 5.07. The number of morpholine rings is 1. The van der Waals surface area contributed by atoms with Crippen LogP contribution in [-0.4, -0.2) is 41.3 Å². The van der Waals surface area contributed by atoms with Crippen LogP contribution in [0.5, 0.6) is 5.75 Å². The summed E-state index contributed by atoms with van der Waals surface area (Å²) in [5.41, 5.74) is 2.17. The first-order valence-corrected chi connectivity index (χ1v) is 6.73. The van der Waals surface area contributed by atoms with Crippen LogP contribution in [0.2, 0.25) is 0 Å². The van der Waals surface area contributed by atoms with Crippen LogP contribution in [0.25, 0.3) is 10.9 Å². The van der Waals surface area contributed by atoms with Crippen LogP contribution in [0.1, 0.15) is 11.3 Å². The second kappa shape index (κ2) is 5.34. The van der Waals surface area contributed by atoms with Crippen LogP contribution in [0.3, 0.4) is 0 Å². The first-order chi connectivity index (χ1) is 9.65. The average molecular weight is 276 g/mol. The molecule has 1 aromatic heterocycles. The molecule has 2 aromatic rings. The van der Waals surface area contributed by atoms with Gasteiger partial charge in [-0.3, -0.25) is 9.88 Å². The van der Waals surface area contributed by atoms with Gasteiger partial charge in [0.25, 0.3) is 0 Å². The minimum atomic E-state index is -0.365. The molecular formula is C15H17FN2O2. The Balaban J connectivity index is 2.00. The summed E-state index contributed by atoms with van der Waals surface area (Å²) >= 11 is 0. The predicted octanol–water partition coefficient (Wildman–Crippen LogP) is 2.22. The summed E-state index contributed by atoms with van der Waals surface area (Å²) in [6.07, 6.45) is 0. The van der Waals surface area contributed by atoms with E-state index < -0.39 is 0 Å². The smallest absolute Gasteiger partial charge is 0.131 e. The highest BCUT2D eigenvalue weighted by molar-refractivity contribution is 5.86. The summed E-state index contributed by atoms with van der Waals surface area (Å²) in [6, 6.07) is 4.28. The molecule has 5 heteroatoms. The van der Waals surface area contributed by atoms with E-state index in [1.807, 2.05) is 6.92 Å². The van der Waals surface area contributed by atoms with Gasteiger partial charge in [0.15, 0.2) is 0 Å². The molecule has 4 nitrogen and oxygen atoms in total. The number of hydrogen-bond acceptors (Lipinski definition) is 4. The monoisotopic (exact) mass is 276 g/mol. The summed E-state index contributed by atoms with van der Waals surface area (Å²) in [4.78, 5) is 6.67. The molecule has 20 heavy (non-hydrogen) atoms. The maximum Gasteiger partial charge on any atom is 0.131 e. The molecule has 1 N–H and O–H groups in total. The van der Waals surface area contributed by atoms with Gasteiger partial charge in [-0.25, -0.2) is 4.39 Å². The van der Waals surface area contributed by atoms with E-state index in [0.717, 1.165) is 24.3 Å². The maximum absolute atomic E-state index is 13.3. The summed E-state index contributed by atoms with van der Waals surface area (Å²) in [7, 11) is 0. The van der Waals surface area contributed by atoms with E-state index in [1.165, 1.54) is 12.1 Å². The van der Waals surface area contributed by atoms with E-state index in [-0.39, 0.29) is 11.6 Å². The molecule has 2 heterocycles. The fourth-order valence-corrected chi connectivity index (χ4v) is 2.55. The number of benzene rings is 1. The molecule has 0 amide bonds. The van der Waals surface area contributed by atoms with E-state index in [0.29, 0.717) is 30.7 Å². The van der Waals surface area contributed by atoms with Crippen molar-refractivity contribution in [1.29, 1.82) is 0 Å². The molecular weight excluding hydrogens is 259 g/mol. The lowest BCUT2D eigenvalue weighted by Gasteiger charge is -2.27. The van der Waals surface area contributed by atoms with E-state index in [9.17, 15) is 9.50 Å². The van der Waals surface area contributed by atoms with Gasteiger partial charge in [-0.2, -0.15) is 0 Å². The van der Waals surface area contributed by atoms with Gasteiger partial charge in [-0.1, -0.05) is 0 Å². The Labute approximate surface area is 116 Å². The van der Waals surface area contributed by atoms with Crippen molar-refractivity contribution in [1.82, 2.24) is 9.88 Å². The Morgan fingerprint density at radius 1 is 1.35 bits per heavy atom. The van der Waals surface area contributed by atoms with Gasteiger partial charge in [0, 0.05) is 36.3 Å². The van der Waals surface area contributed by atoms with Gasteiger partial charge in [0.05, 0.1) is 18.7 Å². The summed E-state index contributed by atoms with van der Waals surface area (Å²) in [6.45, 7) is 5.56. The zero-order valence-electron chi connectivity index (χ0n) is 11.4. The number of aromatic nitrogens is 1. The van der Waals surface area contributed by atoms with Crippen LogP contribution >= 0.6 is 0 Å². The number of aromatic hydroxyl groups is 1. The molecule has 1 aliphatic heterocycles. The number of pyridine rings is 1. The Morgan fingerprint density at radius 2 is 2.10 bits per heavy atom. The Bertz CT molecular complexity index is 639. The first-order valence-electron chi connectivity index (χ1n) is 6.73. The van der Waals surface area contributed by atoms with Crippen LogP contribution in [0.15, 0.2) is 18.2 Å². The highest BCUT2D eigenvalue weighted by atomic mass is 19.1. The van der Waals surface area contributed by atoms with Crippen molar-refractivity contribution in [2.45, 2.75) is 13.5 Å². The molecule has 1 saturated heterocycles. The fourth-order valence-electron chi connectivity index (χ4n) is 2.55. The van der Waals surface area contributed by atoms with E-state index >= 15 is 0 Å². The highest BCUT2D eigenvalue weighted by Gasteiger charge is 2.17. The van der Waals surface area contributed by atoms with Gasteiger partial charge in [-0.05, 0) is 25.1 Å². The SMILES string of the molecule is Cc1nc2ccc(F)cc2c(O)c1CN1CCOCC1. The number of ether oxygens (including phenoxy) is 1. The molecule has 1 fully saturated rings. The lowest BCUT2D eigenvalue weighted by atomic mass is 10.1. The Kier molecular flexibility index (Phi) is 3.54. The van der Waals surface area contributed by atoms with Crippen molar-refractivity contribution in [3.63, 3.8) is 0 Å². The Hall–Kier alpha value is -1.72. The zero-order valence-corrected chi connectivity index (χ0v) is 11.4. The molecule has 0 aliphatic carbocycles. The molecule has 3 rings (SSSR count). The van der Waals surface area contributed by atoms with Gasteiger partial charge in [0.1, 0.15) is 11.6 Å². The largest absolute Gasteiger partial charge is 0.507 e. The van der Waals surface area contributed by atoms with Gasteiger partial charge in [0.2, 0.25) is 0 Å². The number of fused-ring (bicyclic) bond motifs is 1. The normalized spacial score (nSPS) is 16.7. The van der Waals surface area contributed by atoms with E-state index in [2.05, 4.69) is 9.88 Å². The number of aryl methyl sites for hydroxylation is 1. The number of hydrogen-bond donors (Lipinski definition) is 1. The molecule has 0 unspecified atom stereocenters. The third-order valence-electron chi connectivity index (χ3n) is 3.71. The van der Waals surface area contributed by atoms with Crippen LogP contribution in [-0.2, 0) is 11.3 Å². The molecule has 0 saturated carbocycles. The topological polar surface area (TPSA) is 45.6 Å². The highest BCUT2D eigenvalue weighted by Crippen LogP contribution is 2.31. The Morgan fingerprint density at radius 3 is 2.85 bits per heavy atom. The van der Waals surface area contributed by atoms with Crippen molar-refractivity contribution in [3.05, 3.63) is 35.3 Å². The van der Waals surface area contributed by atoms with Crippen molar-refractivity contribution in [3.8, 4) is 5.75 Å². The molecule has 1 aliphatic rings. The number of halogens is 1. The summed E-state index contributed by atoms with van der Waals surface area (Å²) in [5, 5.41) is 10.9. The van der Waals surface area contributed by atoms with Crippen LogP contribution in [0, 0.1) is 12.7 Å². The predicted molar refractivity (Wildman–Crippen MR) is 74.2 cm³/mol. The lowest BCUT2D eigenvalue weighted by Crippen LogP contribution is -2.35. The van der Waals surface area contributed by atoms with E-state index in [1.54, 1.807) is 6.07 Å². The minimum Gasteiger partial charge on any atom is -0.507 e. The molecule has 106 valence electrons. The van der Waals surface area contributed by atoms with Gasteiger partial charge < -0.3 is 9.84 Å². The molecule has 1 aromatic carbocycles. The summed E-state index contributed by atoms with van der Waals surface area (Å²) < 4.78 is 18.7. The maximum atomic E-state index is 13.3. The minimum absolute atomic E-state index is 0.137. The molecule has 0 atom stereocenters. The van der Waals surface area contributed by atoms with Gasteiger partial charge in [-0.15, -0.1) is 0 Å². The molecule has 0 radical (unpaired) electrons. The second-order valence-electron chi connectivity index (χ2n) is 5.07.